The maximum Gasteiger partial charge on any atom is 0.311 e. The van der Waals surface area contributed by atoms with E-state index < -0.39 is 17.8 Å². The zero-order chi connectivity index (χ0) is 26.9. The summed E-state index contributed by atoms with van der Waals surface area (Å²) in [5.74, 6) is -2.03. The lowest BCUT2D eigenvalue weighted by atomic mass is 9.70. The van der Waals surface area contributed by atoms with Gasteiger partial charge in [0.2, 0.25) is 5.91 Å². The minimum atomic E-state index is -0.991. The molecule has 0 radical (unpaired) electrons. The lowest BCUT2D eigenvalue weighted by Crippen LogP contribution is -2.46. The molecule has 202 valence electrons. The van der Waals surface area contributed by atoms with Crippen LogP contribution in [0.4, 0.5) is 5.69 Å². The third-order valence-corrected chi connectivity index (χ3v) is 8.78. The Bertz CT molecular complexity index is 1240. The van der Waals surface area contributed by atoms with E-state index in [2.05, 4.69) is 23.1 Å². The van der Waals surface area contributed by atoms with E-state index in [9.17, 15) is 14.7 Å². The fourth-order valence-corrected chi connectivity index (χ4v) is 6.70. The molecule has 5 rings (SSSR count). The molecule has 3 atom stereocenters. The third kappa shape index (κ3) is 5.15. The van der Waals surface area contributed by atoms with E-state index in [4.69, 9.17) is 16.3 Å². The highest BCUT2D eigenvalue weighted by Gasteiger charge is 2.42. The SMILES string of the molecule is C[C@@H]1C(=O)N(C)C/C=C/CCCCN2C[C@@]3(CCCc4cc(Cl)ccc43)COc3ccc(cc32)[C@H]1C(=O)O. The quantitative estimate of drug-likeness (QED) is 0.465. The monoisotopic (exact) mass is 536 g/mol. The molecule has 0 aromatic heterocycles. The van der Waals surface area contributed by atoms with Gasteiger partial charge in [0.1, 0.15) is 5.75 Å². The Morgan fingerprint density at radius 2 is 1.97 bits per heavy atom. The van der Waals surface area contributed by atoms with E-state index in [0.717, 1.165) is 68.1 Å². The summed E-state index contributed by atoms with van der Waals surface area (Å²) >= 11 is 6.36. The number of nitrogens with zero attached hydrogens (tertiary/aromatic N) is 2. The lowest BCUT2D eigenvalue weighted by Gasteiger charge is -2.41. The molecular weight excluding hydrogens is 500 g/mol. The van der Waals surface area contributed by atoms with Gasteiger partial charge < -0.3 is 19.6 Å². The molecule has 2 aliphatic heterocycles. The van der Waals surface area contributed by atoms with E-state index in [1.807, 2.05) is 30.3 Å². The molecule has 38 heavy (non-hydrogen) atoms. The van der Waals surface area contributed by atoms with Crippen molar-refractivity contribution in [2.24, 2.45) is 5.92 Å². The predicted octanol–water partition coefficient (Wildman–Crippen LogP) is 5.82. The Morgan fingerprint density at radius 3 is 2.79 bits per heavy atom. The molecule has 1 amide bonds. The van der Waals surface area contributed by atoms with Crippen LogP contribution in [0.1, 0.15) is 61.6 Å². The average molecular weight is 537 g/mol. The largest absolute Gasteiger partial charge is 0.490 e. The van der Waals surface area contributed by atoms with Crippen LogP contribution < -0.4 is 9.64 Å². The highest BCUT2D eigenvalue weighted by Crippen LogP contribution is 2.45. The molecule has 2 heterocycles. The number of amides is 1. The van der Waals surface area contributed by atoms with Crippen molar-refractivity contribution in [2.45, 2.75) is 56.8 Å². The number of fused-ring (bicyclic) bond motifs is 3. The van der Waals surface area contributed by atoms with Crippen molar-refractivity contribution in [3.8, 4) is 5.75 Å². The summed E-state index contributed by atoms with van der Waals surface area (Å²) in [7, 11) is 1.74. The Kier molecular flexibility index (Phi) is 7.71. The van der Waals surface area contributed by atoms with E-state index in [1.54, 1.807) is 18.9 Å². The first-order valence-corrected chi connectivity index (χ1v) is 14.1. The number of halogens is 1. The molecular formula is C31H37ClN2O4. The van der Waals surface area contributed by atoms with Crippen molar-refractivity contribution < 1.29 is 19.4 Å². The van der Waals surface area contributed by atoms with Crippen molar-refractivity contribution in [3.05, 3.63) is 70.3 Å². The second-order valence-corrected chi connectivity index (χ2v) is 11.6. The predicted molar refractivity (Wildman–Crippen MR) is 150 cm³/mol. The molecule has 0 fully saturated rings. The van der Waals surface area contributed by atoms with Gasteiger partial charge in [0, 0.05) is 37.1 Å². The van der Waals surface area contributed by atoms with Crippen LogP contribution in [-0.4, -0.2) is 55.2 Å². The van der Waals surface area contributed by atoms with Crippen molar-refractivity contribution in [2.75, 3.05) is 38.2 Å². The number of benzene rings is 2. The minimum absolute atomic E-state index is 0.168. The van der Waals surface area contributed by atoms with Crippen LogP contribution in [0.15, 0.2) is 48.6 Å². The summed E-state index contributed by atoms with van der Waals surface area (Å²) in [6, 6.07) is 11.9. The molecule has 0 saturated carbocycles. The summed E-state index contributed by atoms with van der Waals surface area (Å²) in [5, 5.41) is 11.0. The highest BCUT2D eigenvalue weighted by atomic mass is 35.5. The van der Waals surface area contributed by atoms with Gasteiger partial charge in [0.15, 0.2) is 0 Å². The van der Waals surface area contributed by atoms with E-state index in [-0.39, 0.29) is 11.3 Å². The number of likely N-dealkylation sites (N-methyl/N-ethyl adjacent to an activating group) is 1. The van der Waals surface area contributed by atoms with Gasteiger partial charge in [0.05, 0.1) is 24.1 Å². The second-order valence-electron chi connectivity index (χ2n) is 11.2. The van der Waals surface area contributed by atoms with Gasteiger partial charge >= 0.3 is 5.97 Å². The number of hydrogen-bond acceptors (Lipinski definition) is 4. The van der Waals surface area contributed by atoms with Gasteiger partial charge in [-0.05, 0) is 79.5 Å². The molecule has 0 unspecified atom stereocenters. The van der Waals surface area contributed by atoms with Gasteiger partial charge in [-0.3, -0.25) is 9.59 Å². The summed E-state index contributed by atoms with van der Waals surface area (Å²) in [6.07, 6.45) is 10.2. The number of allylic oxidation sites excluding steroid dienone is 1. The number of aliphatic carboxylic acids is 1. The molecule has 1 spiro atoms. The molecule has 1 N–H and O–H groups in total. The fraction of sp³-hybridized carbons (Fsp3) is 0.484. The molecule has 6 nitrogen and oxygen atoms in total. The van der Waals surface area contributed by atoms with E-state index in [0.29, 0.717) is 18.7 Å². The first-order valence-electron chi connectivity index (χ1n) is 13.7. The van der Waals surface area contributed by atoms with Crippen LogP contribution >= 0.6 is 11.6 Å². The van der Waals surface area contributed by atoms with Gasteiger partial charge in [-0.1, -0.05) is 42.8 Å². The lowest BCUT2D eigenvalue weighted by molar-refractivity contribution is -0.145. The molecule has 1 aliphatic carbocycles. The fourth-order valence-electron chi connectivity index (χ4n) is 6.50. The standard InChI is InChI=1S/C31H37ClN2O4/c1-21-28(30(36)37)23-10-13-27-26(18-23)34(16-7-5-3-4-6-15-33(2)29(21)35)19-31(20-38-27)14-8-9-22-17-24(32)11-12-25(22)31/h4,6,10-13,17-18,21,28H,3,5,7-9,14-16,19-20H2,1-2H3,(H,36,37)/b6-4+/t21-,28-,31-/m0/s1. The minimum Gasteiger partial charge on any atom is -0.490 e. The number of anilines is 1. The molecule has 2 aromatic carbocycles. The molecule has 2 aromatic rings. The van der Waals surface area contributed by atoms with Gasteiger partial charge in [0.25, 0.3) is 0 Å². The van der Waals surface area contributed by atoms with Crippen LogP contribution in [0.5, 0.6) is 5.75 Å². The zero-order valence-electron chi connectivity index (χ0n) is 22.3. The maximum absolute atomic E-state index is 13.2. The van der Waals surface area contributed by atoms with Crippen molar-refractivity contribution in [1.82, 2.24) is 4.90 Å². The first-order chi connectivity index (χ1) is 18.3. The Hall–Kier alpha value is -2.99. The number of aryl methyl sites for hydroxylation is 1. The summed E-state index contributed by atoms with van der Waals surface area (Å²) < 4.78 is 6.53. The Labute approximate surface area is 230 Å². The van der Waals surface area contributed by atoms with Gasteiger partial charge in [-0.25, -0.2) is 0 Å². The number of ether oxygens (including phenoxy) is 1. The van der Waals surface area contributed by atoms with Crippen LogP contribution in [0, 0.1) is 5.92 Å². The molecule has 7 heteroatoms. The van der Waals surface area contributed by atoms with Crippen molar-refractivity contribution in [3.63, 3.8) is 0 Å². The normalized spacial score (nSPS) is 27.0. The first kappa shape index (κ1) is 26.6. The van der Waals surface area contributed by atoms with Crippen molar-refractivity contribution in [1.29, 1.82) is 0 Å². The van der Waals surface area contributed by atoms with Gasteiger partial charge in [-0.2, -0.15) is 0 Å². The summed E-state index contributed by atoms with van der Waals surface area (Å²) in [5.41, 5.74) is 4.00. The number of rotatable bonds is 1. The topological polar surface area (TPSA) is 70.1 Å². The van der Waals surface area contributed by atoms with Crippen molar-refractivity contribution >= 4 is 29.2 Å². The third-order valence-electron chi connectivity index (χ3n) is 8.55. The number of carboxylic acid groups (broad SMARTS) is 1. The smallest absolute Gasteiger partial charge is 0.311 e. The molecule has 3 aliphatic rings. The Balaban J connectivity index is 1.58. The number of carboxylic acids is 1. The maximum atomic E-state index is 13.2. The zero-order valence-corrected chi connectivity index (χ0v) is 23.0. The van der Waals surface area contributed by atoms with E-state index in [1.165, 1.54) is 11.1 Å². The second kappa shape index (κ2) is 11.0. The Morgan fingerprint density at radius 1 is 1.13 bits per heavy atom. The number of carbonyl (C=O) groups excluding carboxylic acids is 1. The van der Waals surface area contributed by atoms with Crippen LogP contribution in [0.3, 0.4) is 0 Å². The molecule has 0 saturated heterocycles. The average Bonchev–Trinajstić information content (AvgIpc) is 3.04. The van der Waals surface area contributed by atoms with E-state index >= 15 is 0 Å². The summed E-state index contributed by atoms with van der Waals surface area (Å²) in [6.45, 7) is 4.41. The van der Waals surface area contributed by atoms with Gasteiger partial charge in [-0.15, -0.1) is 0 Å². The van der Waals surface area contributed by atoms with Crippen LogP contribution in [0.2, 0.25) is 5.02 Å². The van der Waals surface area contributed by atoms with Crippen LogP contribution in [0.25, 0.3) is 0 Å². The number of carbonyl (C=O) groups is 2. The number of hydrogen-bond donors (Lipinski definition) is 1. The molecule has 2 bridgehead atoms. The summed E-state index contributed by atoms with van der Waals surface area (Å²) in [4.78, 5) is 29.7. The van der Waals surface area contributed by atoms with Crippen LogP contribution in [-0.2, 0) is 21.4 Å². The highest BCUT2D eigenvalue weighted by molar-refractivity contribution is 6.30.